The molecule has 94 valence electrons. The Morgan fingerprint density at radius 3 is 2.56 bits per heavy atom. The van der Waals surface area contributed by atoms with Crippen LogP contribution in [-0.4, -0.2) is 24.1 Å². The van der Waals surface area contributed by atoms with Crippen molar-refractivity contribution in [2.75, 3.05) is 14.2 Å². The number of nitrogens with zero attached hydrogens (tertiary/aromatic N) is 2. The highest BCUT2D eigenvalue weighted by molar-refractivity contribution is 9.10. The first-order chi connectivity index (χ1) is 8.74. The molecule has 0 fully saturated rings. The van der Waals surface area contributed by atoms with E-state index in [-0.39, 0.29) is 0 Å². The summed E-state index contributed by atoms with van der Waals surface area (Å²) in [5.74, 6) is 1.50. The fourth-order valence-corrected chi connectivity index (χ4v) is 2.15. The van der Waals surface area contributed by atoms with Crippen LogP contribution in [0.25, 0.3) is 11.4 Å². The highest BCUT2D eigenvalue weighted by Gasteiger charge is 2.05. The van der Waals surface area contributed by atoms with Crippen LogP contribution >= 0.6 is 15.9 Å². The smallest absolute Gasteiger partial charge is 0.159 e. The van der Waals surface area contributed by atoms with Crippen LogP contribution in [0.15, 0.2) is 35.1 Å². The van der Waals surface area contributed by atoms with Crippen LogP contribution in [0.1, 0.15) is 5.56 Å². The van der Waals surface area contributed by atoms with Crippen molar-refractivity contribution in [3.05, 3.63) is 40.6 Å². The van der Waals surface area contributed by atoms with Gasteiger partial charge in [-0.1, -0.05) is 0 Å². The highest BCUT2D eigenvalue weighted by Crippen LogP contribution is 2.28. The molecule has 0 radical (unpaired) electrons. The Hall–Kier alpha value is -1.46. The summed E-state index contributed by atoms with van der Waals surface area (Å²) in [7, 11) is 3.54. The van der Waals surface area contributed by atoms with Gasteiger partial charge in [-0.25, -0.2) is 9.97 Å². The van der Waals surface area contributed by atoms with E-state index in [0.29, 0.717) is 5.82 Å². The van der Waals surface area contributed by atoms with E-state index < -0.39 is 0 Å². The van der Waals surface area contributed by atoms with Gasteiger partial charge in [-0.15, -0.1) is 0 Å². The maximum Gasteiger partial charge on any atom is 0.159 e. The summed E-state index contributed by atoms with van der Waals surface area (Å²) in [5, 5.41) is 3.06. The van der Waals surface area contributed by atoms with Gasteiger partial charge in [0.15, 0.2) is 5.82 Å². The summed E-state index contributed by atoms with van der Waals surface area (Å²) in [4.78, 5) is 8.70. The average Bonchev–Trinajstić information content (AvgIpc) is 2.40. The Morgan fingerprint density at radius 2 is 2.00 bits per heavy atom. The molecule has 2 aromatic rings. The summed E-state index contributed by atoms with van der Waals surface area (Å²) in [6.07, 6.45) is 3.66. The number of ether oxygens (including phenoxy) is 1. The minimum atomic E-state index is 0.707. The van der Waals surface area contributed by atoms with Gasteiger partial charge in [0.1, 0.15) is 5.75 Å². The zero-order valence-electron chi connectivity index (χ0n) is 10.3. The Morgan fingerprint density at radius 1 is 1.28 bits per heavy atom. The minimum Gasteiger partial charge on any atom is -0.496 e. The third kappa shape index (κ3) is 2.86. The van der Waals surface area contributed by atoms with Crippen molar-refractivity contribution in [2.24, 2.45) is 0 Å². The number of halogens is 1. The van der Waals surface area contributed by atoms with E-state index in [1.807, 2.05) is 37.6 Å². The van der Waals surface area contributed by atoms with Crippen molar-refractivity contribution in [3.8, 4) is 17.1 Å². The molecular formula is C13H14BrN3O. The van der Waals surface area contributed by atoms with Gasteiger partial charge in [-0.3, -0.25) is 0 Å². The molecule has 1 N–H and O–H groups in total. The summed E-state index contributed by atoms with van der Waals surface area (Å²) < 4.78 is 6.08. The third-order valence-electron chi connectivity index (χ3n) is 2.50. The number of benzene rings is 1. The molecule has 0 saturated heterocycles. The van der Waals surface area contributed by atoms with Crippen molar-refractivity contribution in [2.45, 2.75) is 6.54 Å². The molecule has 0 aliphatic rings. The fourth-order valence-electron chi connectivity index (χ4n) is 1.60. The van der Waals surface area contributed by atoms with Crippen molar-refractivity contribution in [3.63, 3.8) is 0 Å². The zero-order chi connectivity index (χ0) is 13.0. The third-order valence-corrected chi connectivity index (χ3v) is 3.12. The molecule has 4 nitrogen and oxygen atoms in total. The van der Waals surface area contributed by atoms with E-state index in [4.69, 9.17) is 4.74 Å². The van der Waals surface area contributed by atoms with Crippen molar-refractivity contribution < 1.29 is 4.74 Å². The quantitative estimate of drug-likeness (QED) is 0.943. The van der Waals surface area contributed by atoms with Gasteiger partial charge in [-0.2, -0.15) is 0 Å². The molecular weight excluding hydrogens is 294 g/mol. The second-order valence-corrected chi connectivity index (χ2v) is 4.65. The fraction of sp³-hybridized carbons (Fsp3) is 0.231. The Bertz CT molecular complexity index is 528. The van der Waals surface area contributed by atoms with Crippen molar-refractivity contribution in [1.82, 2.24) is 15.3 Å². The van der Waals surface area contributed by atoms with Gasteiger partial charge in [-0.05, 0) is 41.2 Å². The monoisotopic (exact) mass is 307 g/mol. The van der Waals surface area contributed by atoms with Crippen LogP contribution < -0.4 is 10.1 Å². The topological polar surface area (TPSA) is 47.0 Å². The second-order valence-electron chi connectivity index (χ2n) is 3.79. The van der Waals surface area contributed by atoms with Crippen LogP contribution in [0.4, 0.5) is 0 Å². The zero-order valence-corrected chi connectivity index (χ0v) is 11.9. The molecule has 5 heteroatoms. The van der Waals surface area contributed by atoms with Crippen LogP contribution in [-0.2, 0) is 6.54 Å². The van der Waals surface area contributed by atoms with E-state index in [0.717, 1.165) is 27.9 Å². The number of hydrogen-bond acceptors (Lipinski definition) is 4. The molecule has 0 spiro atoms. The molecule has 1 aromatic heterocycles. The standard InChI is InChI=1S/C13H14BrN3O/c1-15-6-9-7-16-13(17-8-9)10-3-4-12(18-2)11(14)5-10/h3-5,7-8,15H,6H2,1-2H3. The normalized spacial score (nSPS) is 10.4. The van der Waals surface area contributed by atoms with Crippen molar-refractivity contribution >= 4 is 15.9 Å². The maximum absolute atomic E-state index is 5.19. The number of aromatic nitrogens is 2. The number of rotatable bonds is 4. The Labute approximate surface area is 115 Å². The first-order valence-electron chi connectivity index (χ1n) is 5.54. The molecule has 0 bridgehead atoms. The number of nitrogens with one attached hydrogen (secondary N) is 1. The van der Waals surface area contributed by atoms with Crippen LogP contribution in [0.3, 0.4) is 0 Å². The lowest BCUT2D eigenvalue weighted by atomic mass is 10.2. The summed E-state index contributed by atoms with van der Waals surface area (Å²) in [6.45, 7) is 0.770. The molecule has 0 amide bonds. The van der Waals surface area contributed by atoms with E-state index >= 15 is 0 Å². The van der Waals surface area contributed by atoms with Crippen molar-refractivity contribution in [1.29, 1.82) is 0 Å². The first-order valence-corrected chi connectivity index (χ1v) is 6.33. The van der Waals surface area contributed by atoms with Gasteiger partial charge in [0.2, 0.25) is 0 Å². The molecule has 2 rings (SSSR count). The molecule has 0 aliphatic heterocycles. The highest BCUT2D eigenvalue weighted by atomic mass is 79.9. The summed E-state index contributed by atoms with van der Waals surface area (Å²) in [5.41, 5.74) is 2.02. The second kappa shape index (κ2) is 5.93. The lowest BCUT2D eigenvalue weighted by Gasteiger charge is -2.06. The Balaban J connectivity index is 2.28. The van der Waals surface area contributed by atoms with Gasteiger partial charge >= 0.3 is 0 Å². The summed E-state index contributed by atoms with van der Waals surface area (Å²) in [6, 6.07) is 5.78. The largest absolute Gasteiger partial charge is 0.496 e. The predicted molar refractivity (Wildman–Crippen MR) is 74.5 cm³/mol. The predicted octanol–water partition coefficient (Wildman–Crippen LogP) is 2.63. The first kappa shape index (κ1) is 13.0. The minimum absolute atomic E-state index is 0.707. The average molecular weight is 308 g/mol. The molecule has 18 heavy (non-hydrogen) atoms. The molecule has 0 aliphatic carbocycles. The van der Waals surface area contributed by atoms with Crippen LogP contribution in [0.2, 0.25) is 0 Å². The van der Waals surface area contributed by atoms with E-state index in [1.165, 1.54) is 0 Å². The van der Waals surface area contributed by atoms with Crippen LogP contribution in [0, 0.1) is 0 Å². The lowest BCUT2D eigenvalue weighted by molar-refractivity contribution is 0.412. The molecule has 0 unspecified atom stereocenters. The maximum atomic E-state index is 5.19. The molecule has 0 atom stereocenters. The molecule has 1 heterocycles. The van der Waals surface area contributed by atoms with Gasteiger partial charge in [0.05, 0.1) is 11.6 Å². The summed E-state index contributed by atoms with van der Waals surface area (Å²) >= 11 is 3.45. The van der Waals surface area contributed by atoms with E-state index in [9.17, 15) is 0 Å². The molecule has 0 saturated carbocycles. The van der Waals surface area contributed by atoms with Gasteiger partial charge < -0.3 is 10.1 Å². The SMILES string of the molecule is CNCc1cnc(-c2ccc(OC)c(Br)c2)nc1. The van der Waals surface area contributed by atoms with E-state index in [1.54, 1.807) is 7.11 Å². The van der Waals surface area contributed by atoms with E-state index in [2.05, 4.69) is 31.2 Å². The van der Waals surface area contributed by atoms with Gasteiger partial charge in [0, 0.05) is 30.1 Å². The number of methoxy groups -OCH3 is 1. The lowest BCUT2D eigenvalue weighted by Crippen LogP contribution is -2.06. The number of hydrogen-bond donors (Lipinski definition) is 1. The molecule has 1 aromatic carbocycles. The van der Waals surface area contributed by atoms with Crippen LogP contribution in [0.5, 0.6) is 5.75 Å². The Kier molecular flexibility index (Phi) is 4.28. The van der Waals surface area contributed by atoms with Gasteiger partial charge in [0.25, 0.3) is 0 Å².